The van der Waals surface area contributed by atoms with Crippen LogP contribution >= 0.6 is 0 Å². The van der Waals surface area contributed by atoms with Crippen molar-refractivity contribution in [3.63, 3.8) is 0 Å². The summed E-state index contributed by atoms with van der Waals surface area (Å²) >= 11 is 0. The second kappa shape index (κ2) is 6.90. The summed E-state index contributed by atoms with van der Waals surface area (Å²) < 4.78 is 0. The molecular weight excluding hydrogens is 204 g/mol. The van der Waals surface area contributed by atoms with E-state index in [1.54, 1.807) is 0 Å². The lowest BCUT2D eigenvalue weighted by Gasteiger charge is -2.17. The van der Waals surface area contributed by atoms with Gasteiger partial charge in [0.2, 0.25) is 0 Å². The van der Waals surface area contributed by atoms with Crippen LogP contribution in [0.1, 0.15) is 24.2 Å². The third-order valence-corrected chi connectivity index (χ3v) is 2.43. The number of hydrogen-bond acceptors (Lipinski definition) is 4. The summed E-state index contributed by atoms with van der Waals surface area (Å²) in [5.41, 5.74) is 0.502. The van der Waals surface area contributed by atoms with Crippen LogP contribution in [0, 0.1) is 0 Å². The number of rotatable bonds is 6. The third kappa shape index (κ3) is 3.94. The van der Waals surface area contributed by atoms with Gasteiger partial charge in [-0.05, 0) is 13.1 Å². The molecular formula is C11H18N4O. The Labute approximate surface area is 95.9 Å². The highest BCUT2D eigenvalue weighted by molar-refractivity contribution is 5.93. The van der Waals surface area contributed by atoms with Crippen LogP contribution < -0.4 is 5.32 Å². The lowest BCUT2D eigenvalue weighted by Crippen LogP contribution is -2.34. The van der Waals surface area contributed by atoms with E-state index in [0.29, 0.717) is 12.1 Å². The van der Waals surface area contributed by atoms with Crippen LogP contribution in [0.15, 0.2) is 18.7 Å². The highest BCUT2D eigenvalue weighted by Gasteiger charge is 2.05. The summed E-state index contributed by atoms with van der Waals surface area (Å²) in [7, 11) is 0. The van der Waals surface area contributed by atoms with Gasteiger partial charge >= 0.3 is 0 Å². The fourth-order valence-corrected chi connectivity index (χ4v) is 1.39. The van der Waals surface area contributed by atoms with Crippen LogP contribution in [0.25, 0.3) is 0 Å². The Morgan fingerprint density at radius 2 is 1.94 bits per heavy atom. The van der Waals surface area contributed by atoms with Crippen molar-refractivity contribution in [3.8, 4) is 0 Å². The molecule has 0 bridgehead atoms. The van der Waals surface area contributed by atoms with Gasteiger partial charge in [0.15, 0.2) is 0 Å². The lowest BCUT2D eigenvalue weighted by molar-refractivity contribution is 0.0948. The monoisotopic (exact) mass is 222 g/mol. The summed E-state index contributed by atoms with van der Waals surface area (Å²) in [6, 6.07) is 0. The van der Waals surface area contributed by atoms with Gasteiger partial charge in [-0.1, -0.05) is 13.8 Å². The molecule has 0 aliphatic rings. The second-order valence-corrected chi connectivity index (χ2v) is 3.41. The van der Waals surface area contributed by atoms with Crippen LogP contribution in [0.2, 0.25) is 0 Å². The molecule has 0 saturated carbocycles. The molecule has 88 valence electrons. The summed E-state index contributed by atoms with van der Waals surface area (Å²) in [4.78, 5) is 21.4. The molecule has 0 aliphatic carbocycles. The van der Waals surface area contributed by atoms with Crippen molar-refractivity contribution >= 4 is 5.91 Å². The zero-order valence-electron chi connectivity index (χ0n) is 9.81. The van der Waals surface area contributed by atoms with E-state index in [9.17, 15) is 4.79 Å². The minimum atomic E-state index is -0.118. The van der Waals surface area contributed by atoms with Gasteiger partial charge in [-0.3, -0.25) is 4.79 Å². The molecule has 1 rings (SSSR count). The summed E-state index contributed by atoms with van der Waals surface area (Å²) in [6.07, 6.45) is 4.44. The number of amides is 1. The molecule has 1 heterocycles. The molecule has 16 heavy (non-hydrogen) atoms. The minimum Gasteiger partial charge on any atom is -0.351 e. The van der Waals surface area contributed by atoms with Crippen molar-refractivity contribution in [1.29, 1.82) is 0 Å². The van der Waals surface area contributed by atoms with Gasteiger partial charge in [-0.15, -0.1) is 0 Å². The topological polar surface area (TPSA) is 58.1 Å². The van der Waals surface area contributed by atoms with Crippen molar-refractivity contribution in [1.82, 2.24) is 20.2 Å². The van der Waals surface area contributed by atoms with Gasteiger partial charge in [0.05, 0.1) is 5.56 Å². The molecule has 1 N–H and O–H groups in total. The first-order valence-electron chi connectivity index (χ1n) is 5.53. The van der Waals surface area contributed by atoms with E-state index in [4.69, 9.17) is 0 Å². The molecule has 0 aromatic carbocycles. The van der Waals surface area contributed by atoms with E-state index < -0.39 is 0 Å². The quantitative estimate of drug-likeness (QED) is 0.763. The number of aromatic nitrogens is 2. The average molecular weight is 222 g/mol. The first-order valence-corrected chi connectivity index (χ1v) is 5.53. The number of hydrogen-bond donors (Lipinski definition) is 1. The predicted octanol–water partition coefficient (Wildman–Crippen LogP) is 0.548. The molecule has 0 atom stereocenters. The van der Waals surface area contributed by atoms with Gasteiger partial charge in [-0.25, -0.2) is 9.97 Å². The van der Waals surface area contributed by atoms with Crippen molar-refractivity contribution in [3.05, 3.63) is 24.3 Å². The molecule has 5 heteroatoms. The molecule has 0 saturated heterocycles. The first kappa shape index (κ1) is 12.6. The number of likely N-dealkylation sites (N-methyl/N-ethyl adjacent to an activating group) is 1. The van der Waals surface area contributed by atoms with E-state index >= 15 is 0 Å². The molecule has 0 spiro atoms. The molecule has 5 nitrogen and oxygen atoms in total. The maximum Gasteiger partial charge on any atom is 0.254 e. The Balaban J connectivity index is 2.31. The molecule has 1 amide bonds. The maximum absolute atomic E-state index is 11.6. The normalized spacial score (nSPS) is 10.4. The van der Waals surface area contributed by atoms with E-state index in [0.717, 1.165) is 19.6 Å². The fraction of sp³-hybridized carbons (Fsp3) is 0.545. The summed E-state index contributed by atoms with van der Waals surface area (Å²) in [6.45, 7) is 7.73. The van der Waals surface area contributed by atoms with Gasteiger partial charge in [0, 0.05) is 25.5 Å². The largest absolute Gasteiger partial charge is 0.351 e. The van der Waals surface area contributed by atoms with Crippen molar-refractivity contribution < 1.29 is 4.79 Å². The Morgan fingerprint density at radius 3 is 2.50 bits per heavy atom. The highest BCUT2D eigenvalue weighted by atomic mass is 16.1. The fourth-order valence-electron chi connectivity index (χ4n) is 1.39. The zero-order chi connectivity index (χ0) is 11.8. The Kier molecular flexibility index (Phi) is 5.42. The Bertz CT molecular complexity index is 311. The van der Waals surface area contributed by atoms with Gasteiger partial charge in [0.25, 0.3) is 5.91 Å². The van der Waals surface area contributed by atoms with E-state index in [2.05, 4.69) is 34.0 Å². The lowest BCUT2D eigenvalue weighted by atomic mass is 10.3. The second-order valence-electron chi connectivity index (χ2n) is 3.41. The van der Waals surface area contributed by atoms with Crippen molar-refractivity contribution in [2.45, 2.75) is 13.8 Å². The third-order valence-electron chi connectivity index (χ3n) is 2.43. The number of carbonyl (C=O) groups is 1. The van der Waals surface area contributed by atoms with E-state index in [1.807, 2.05) is 0 Å². The maximum atomic E-state index is 11.6. The van der Waals surface area contributed by atoms with Crippen LogP contribution in [0.5, 0.6) is 0 Å². The van der Waals surface area contributed by atoms with Crippen molar-refractivity contribution in [2.75, 3.05) is 26.2 Å². The predicted molar refractivity (Wildman–Crippen MR) is 62.2 cm³/mol. The molecule has 0 aliphatic heterocycles. The number of carbonyl (C=O) groups excluding carboxylic acids is 1. The Morgan fingerprint density at radius 1 is 1.31 bits per heavy atom. The Hall–Kier alpha value is -1.49. The van der Waals surface area contributed by atoms with Gasteiger partial charge < -0.3 is 10.2 Å². The molecule has 0 fully saturated rings. The van der Waals surface area contributed by atoms with Crippen LogP contribution in [-0.4, -0.2) is 47.0 Å². The average Bonchev–Trinajstić information content (AvgIpc) is 2.35. The molecule has 0 unspecified atom stereocenters. The van der Waals surface area contributed by atoms with Crippen LogP contribution in [-0.2, 0) is 0 Å². The molecule has 0 radical (unpaired) electrons. The van der Waals surface area contributed by atoms with E-state index in [1.165, 1.54) is 18.7 Å². The van der Waals surface area contributed by atoms with Gasteiger partial charge in [-0.2, -0.15) is 0 Å². The smallest absolute Gasteiger partial charge is 0.254 e. The zero-order valence-corrected chi connectivity index (χ0v) is 9.81. The van der Waals surface area contributed by atoms with Crippen LogP contribution in [0.3, 0.4) is 0 Å². The minimum absolute atomic E-state index is 0.118. The SMILES string of the molecule is CCN(CC)CCNC(=O)c1cncnc1. The van der Waals surface area contributed by atoms with Crippen molar-refractivity contribution in [2.24, 2.45) is 0 Å². The summed E-state index contributed by atoms with van der Waals surface area (Å²) in [5.74, 6) is -0.118. The summed E-state index contributed by atoms with van der Waals surface area (Å²) in [5, 5.41) is 2.84. The van der Waals surface area contributed by atoms with Gasteiger partial charge in [0.1, 0.15) is 6.33 Å². The number of nitrogens with one attached hydrogen (secondary N) is 1. The molecule has 1 aromatic rings. The standard InChI is InChI=1S/C11H18N4O/c1-3-15(4-2)6-5-14-11(16)10-7-12-9-13-8-10/h7-9H,3-6H2,1-2H3,(H,14,16). The number of nitrogens with zero attached hydrogens (tertiary/aromatic N) is 3. The first-order chi connectivity index (χ1) is 7.77. The molecule has 1 aromatic heterocycles. The highest BCUT2D eigenvalue weighted by Crippen LogP contribution is 1.92. The van der Waals surface area contributed by atoms with E-state index in [-0.39, 0.29) is 5.91 Å². The van der Waals surface area contributed by atoms with Crippen LogP contribution in [0.4, 0.5) is 0 Å².